The molecule has 0 bridgehead atoms. The molecule has 3 N–H and O–H groups in total. The summed E-state index contributed by atoms with van der Waals surface area (Å²) >= 11 is 0. The maximum atomic E-state index is 11.5. The third-order valence-corrected chi connectivity index (χ3v) is 2.25. The van der Waals surface area contributed by atoms with Crippen molar-refractivity contribution in [1.82, 2.24) is 15.5 Å². The lowest BCUT2D eigenvalue weighted by molar-refractivity contribution is -0.116. The number of aromatic nitrogens is 2. The van der Waals surface area contributed by atoms with E-state index in [1.807, 2.05) is 13.1 Å². The summed E-state index contributed by atoms with van der Waals surface area (Å²) in [4.78, 5) is 11.5. The second-order valence-electron chi connectivity index (χ2n) is 3.78. The molecule has 0 unspecified atom stereocenters. The maximum Gasteiger partial charge on any atom is 0.225 e. The fraction of sp³-hybridized carbons (Fsp3) is 0.636. The minimum atomic E-state index is 0.0183. The molecule has 1 aromatic heterocycles. The topological polar surface area (TPSA) is 69.8 Å². The zero-order valence-electron chi connectivity index (χ0n) is 9.97. The number of anilines is 1. The van der Waals surface area contributed by atoms with Crippen LogP contribution in [-0.4, -0.2) is 29.7 Å². The SMILES string of the molecule is CCCc1cc(NC(=O)CCCNC)n[nH]1. The number of carbonyl (C=O) groups is 1. The van der Waals surface area contributed by atoms with Gasteiger partial charge in [0.05, 0.1) is 0 Å². The minimum absolute atomic E-state index is 0.0183. The number of nitrogens with one attached hydrogen (secondary N) is 3. The first-order valence-corrected chi connectivity index (χ1v) is 5.75. The van der Waals surface area contributed by atoms with Gasteiger partial charge in [-0.2, -0.15) is 5.10 Å². The molecule has 0 fully saturated rings. The Bertz CT molecular complexity index is 322. The highest BCUT2D eigenvalue weighted by Crippen LogP contribution is 2.07. The molecule has 0 radical (unpaired) electrons. The van der Waals surface area contributed by atoms with Gasteiger partial charge in [-0.1, -0.05) is 13.3 Å². The molecule has 1 amide bonds. The number of H-pyrrole nitrogens is 1. The predicted molar refractivity (Wildman–Crippen MR) is 64.4 cm³/mol. The van der Waals surface area contributed by atoms with E-state index in [9.17, 15) is 4.79 Å². The molecular formula is C11H20N4O. The second kappa shape index (κ2) is 7.00. The van der Waals surface area contributed by atoms with E-state index in [0.717, 1.165) is 31.5 Å². The summed E-state index contributed by atoms with van der Waals surface area (Å²) in [6, 6.07) is 1.89. The van der Waals surface area contributed by atoms with Crippen molar-refractivity contribution in [3.63, 3.8) is 0 Å². The van der Waals surface area contributed by atoms with Crippen LogP contribution < -0.4 is 10.6 Å². The average Bonchev–Trinajstić information content (AvgIpc) is 2.66. The summed E-state index contributed by atoms with van der Waals surface area (Å²) in [6.45, 7) is 2.96. The average molecular weight is 224 g/mol. The molecule has 0 aliphatic carbocycles. The van der Waals surface area contributed by atoms with E-state index >= 15 is 0 Å². The lowest BCUT2D eigenvalue weighted by atomic mass is 10.2. The fourth-order valence-electron chi connectivity index (χ4n) is 1.45. The summed E-state index contributed by atoms with van der Waals surface area (Å²) < 4.78 is 0. The molecule has 1 rings (SSSR count). The van der Waals surface area contributed by atoms with Crippen LogP contribution in [-0.2, 0) is 11.2 Å². The Kier molecular flexibility index (Phi) is 5.56. The number of rotatable bonds is 7. The van der Waals surface area contributed by atoms with Crippen molar-refractivity contribution in [3.8, 4) is 0 Å². The number of hydrogen-bond acceptors (Lipinski definition) is 3. The molecule has 0 aliphatic rings. The van der Waals surface area contributed by atoms with Crippen molar-refractivity contribution >= 4 is 11.7 Å². The zero-order valence-corrected chi connectivity index (χ0v) is 9.97. The summed E-state index contributed by atoms with van der Waals surface area (Å²) in [5.41, 5.74) is 1.06. The maximum absolute atomic E-state index is 11.5. The third-order valence-electron chi connectivity index (χ3n) is 2.25. The van der Waals surface area contributed by atoms with Gasteiger partial charge in [-0.05, 0) is 26.4 Å². The van der Waals surface area contributed by atoms with Crippen molar-refractivity contribution in [1.29, 1.82) is 0 Å². The largest absolute Gasteiger partial charge is 0.320 e. The number of carbonyl (C=O) groups excluding carboxylic acids is 1. The van der Waals surface area contributed by atoms with E-state index in [4.69, 9.17) is 0 Å². The van der Waals surface area contributed by atoms with Gasteiger partial charge in [0.1, 0.15) is 0 Å². The Labute approximate surface area is 96.0 Å². The van der Waals surface area contributed by atoms with E-state index in [0.29, 0.717) is 12.2 Å². The predicted octanol–water partition coefficient (Wildman–Crippen LogP) is 1.30. The number of amides is 1. The van der Waals surface area contributed by atoms with Gasteiger partial charge in [0.15, 0.2) is 5.82 Å². The zero-order chi connectivity index (χ0) is 11.8. The summed E-state index contributed by atoms with van der Waals surface area (Å²) in [5.74, 6) is 0.641. The van der Waals surface area contributed by atoms with Crippen LogP contribution in [0.15, 0.2) is 6.07 Å². The van der Waals surface area contributed by atoms with Crippen LogP contribution >= 0.6 is 0 Å². The lowest BCUT2D eigenvalue weighted by Gasteiger charge is -2.00. The summed E-state index contributed by atoms with van der Waals surface area (Å²) in [5, 5.41) is 12.7. The molecule has 0 spiro atoms. The monoisotopic (exact) mass is 224 g/mol. The number of nitrogens with zero attached hydrogens (tertiary/aromatic N) is 1. The molecule has 5 nitrogen and oxygen atoms in total. The van der Waals surface area contributed by atoms with Crippen LogP contribution in [0.25, 0.3) is 0 Å². The van der Waals surface area contributed by atoms with Crippen molar-refractivity contribution in [3.05, 3.63) is 11.8 Å². The van der Waals surface area contributed by atoms with Crippen molar-refractivity contribution < 1.29 is 4.79 Å². The highest BCUT2D eigenvalue weighted by molar-refractivity contribution is 5.89. The molecule has 90 valence electrons. The standard InChI is InChI=1S/C11H20N4O/c1-3-5-9-8-10(15-14-9)13-11(16)6-4-7-12-2/h8,12H,3-7H2,1-2H3,(H2,13,14,15,16). The molecule has 16 heavy (non-hydrogen) atoms. The Hall–Kier alpha value is -1.36. The van der Waals surface area contributed by atoms with Crippen LogP contribution in [0.5, 0.6) is 0 Å². The number of aryl methyl sites for hydroxylation is 1. The van der Waals surface area contributed by atoms with Gasteiger partial charge in [0, 0.05) is 18.2 Å². The van der Waals surface area contributed by atoms with E-state index in [2.05, 4.69) is 27.8 Å². The molecule has 1 aromatic rings. The van der Waals surface area contributed by atoms with Crippen LogP contribution in [0.3, 0.4) is 0 Å². The Morgan fingerprint density at radius 2 is 2.38 bits per heavy atom. The molecule has 0 saturated carbocycles. The molecule has 0 saturated heterocycles. The molecular weight excluding hydrogens is 204 g/mol. The van der Waals surface area contributed by atoms with Gasteiger partial charge in [-0.25, -0.2) is 0 Å². The van der Waals surface area contributed by atoms with Gasteiger partial charge < -0.3 is 10.6 Å². The van der Waals surface area contributed by atoms with Gasteiger partial charge in [0.2, 0.25) is 5.91 Å². The number of hydrogen-bond donors (Lipinski definition) is 3. The molecule has 5 heteroatoms. The highest BCUT2D eigenvalue weighted by atomic mass is 16.1. The van der Waals surface area contributed by atoms with Crippen LogP contribution in [0.1, 0.15) is 31.9 Å². The van der Waals surface area contributed by atoms with Crippen LogP contribution in [0, 0.1) is 0 Å². The van der Waals surface area contributed by atoms with Crippen molar-refractivity contribution in [2.45, 2.75) is 32.6 Å². The fourth-order valence-corrected chi connectivity index (χ4v) is 1.45. The molecule has 1 heterocycles. The van der Waals surface area contributed by atoms with Crippen molar-refractivity contribution in [2.75, 3.05) is 18.9 Å². The van der Waals surface area contributed by atoms with Gasteiger partial charge >= 0.3 is 0 Å². The van der Waals surface area contributed by atoms with Crippen LogP contribution in [0.4, 0.5) is 5.82 Å². The first kappa shape index (κ1) is 12.7. The lowest BCUT2D eigenvalue weighted by Crippen LogP contribution is -2.15. The normalized spacial score (nSPS) is 10.4. The van der Waals surface area contributed by atoms with Gasteiger partial charge in [-0.3, -0.25) is 9.89 Å². The van der Waals surface area contributed by atoms with Gasteiger partial charge in [-0.15, -0.1) is 0 Å². The first-order valence-electron chi connectivity index (χ1n) is 5.75. The highest BCUT2D eigenvalue weighted by Gasteiger charge is 2.05. The molecule has 0 atom stereocenters. The Morgan fingerprint density at radius 3 is 3.06 bits per heavy atom. The van der Waals surface area contributed by atoms with E-state index < -0.39 is 0 Å². The Balaban J connectivity index is 2.31. The number of aromatic amines is 1. The summed E-state index contributed by atoms with van der Waals surface area (Å²) in [7, 11) is 1.88. The van der Waals surface area contributed by atoms with Crippen molar-refractivity contribution in [2.24, 2.45) is 0 Å². The smallest absolute Gasteiger partial charge is 0.225 e. The first-order chi connectivity index (χ1) is 7.76. The third kappa shape index (κ3) is 4.44. The van der Waals surface area contributed by atoms with E-state index in [-0.39, 0.29) is 5.91 Å². The molecule has 0 aliphatic heterocycles. The molecule has 0 aromatic carbocycles. The minimum Gasteiger partial charge on any atom is -0.320 e. The second-order valence-corrected chi connectivity index (χ2v) is 3.78. The summed E-state index contributed by atoms with van der Waals surface area (Å²) in [6.07, 6.45) is 3.39. The quantitative estimate of drug-likeness (QED) is 0.611. The van der Waals surface area contributed by atoms with Crippen LogP contribution in [0.2, 0.25) is 0 Å². The van der Waals surface area contributed by atoms with E-state index in [1.165, 1.54) is 0 Å². The Morgan fingerprint density at radius 1 is 1.56 bits per heavy atom. The van der Waals surface area contributed by atoms with E-state index in [1.54, 1.807) is 0 Å². The van der Waals surface area contributed by atoms with Gasteiger partial charge in [0.25, 0.3) is 0 Å².